The van der Waals surface area contributed by atoms with E-state index in [1.807, 2.05) is 0 Å². The Labute approximate surface area is 142 Å². The largest absolute Gasteiger partial charge is 0.476 e. The highest BCUT2D eigenvalue weighted by molar-refractivity contribution is 6.07. The van der Waals surface area contributed by atoms with Gasteiger partial charge in [0.05, 0.1) is 23.8 Å². The molecular weight excluding hydrogens is 327 g/mol. The van der Waals surface area contributed by atoms with Crippen LogP contribution >= 0.6 is 0 Å². The summed E-state index contributed by atoms with van der Waals surface area (Å²) in [5.41, 5.74) is 1.13. The van der Waals surface area contributed by atoms with Gasteiger partial charge in [-0.2, -0.15) is 0 Å². The molecular formula is C17H15FN4O3. The Morgan fingerprint density at radius 2 is 1.80 bits per heavy atom. The summed E-state index contributed by atoms with van der Waals surface area (Å²) in [6.45, 7) is 1.07. The van der Waals surface area contributed by atoms with E-state index in [0.29, 0.717) is 24.8 Å². The second kappa shape index (κ2) is 5.80. The number of halogens is 1. The van der Waals surface area contributed by atoms with Gasteiger partial charge in [0.15, 0.2) is 5.69 Å². The summed E-state index contributed by atoms with van der Waals surface area (Å²) in [6, 6.07) is 4.89. The summed E-state index contributed by atoms with van der Waals surface area (Å²) < 4.78 is 13.8. The number of carbonyl (C=O) groups is 2. The third kappa shape index (κ3) is 2.79. The van der Waals surface area contributed by atoms with Crippen molar-refractivity contribution in [2.45, 2.75) is 18.9 Å². The minimum atomic E-state index is -1.21. The first-order chi connectivity index (χ1) is 12.0. The molecule has 2 aliphatic rings. The average Bonchev–Trinajstić information content (AvgIpc) is 3.45. The number of rotatable bonds is 3. The second-order valence-corrected chi connectivity index (χ2v) is 6.11. The molecule has 1 fully saturated rings. The molecule has 1 N–H and O–H groups in total. The fraction of sp³-hybridized carbons (Fsp3) is 0.294. The predicted molar refractivity (Wildman–Crippen MR) is 87.4 cm³/mol. The molecule has 1 amide bonds. The van der Waals surface area contributed by atoms with Crippen LogP contribution in [0, 0.1) is 5.82 Å². The molecule has 1 aromatic heterocycles. The molecule has 4 rings (SSSR count). The zero-order valence-corrected chi connectivity index (χ0v) is 13.2. The maximum Gasteiger partial charge on any atom is 0.356 e. The molecule has 2 heterocycles. The summed E-state index contributed by atoms with van der Waals surface area (Å²) in [4.78, 5) is 34.9. The van der Waals surface area contributed by atoms with E-state index in [0.717, 1.165) is 30.9 Å². The van der Waals surface area contributed by atoms with Crippen molar-refractivity contribution >= 4 is 23.3 Å². The van der Waals surface area contributed by atoms with Gasteiger partial charge in [-0.15, -0.1) is 0 Å². The van der Waals surface area contributed by atoms with Crippen molar-refractivity contribution in [1.82, 2.24) is 9.97 Å². The number of hydrogen-bond acceptors (Lipinski definition) is 5. The van der Waals surface area contributed by atoms with E-state index in [4.69, 9.17) is 5.11 Å². The van der Waals surface area contributed by atoms with Crippen molar-refractivity contribution in [2.24, 2.45) is 0 Å². The summed E-state index contributed by atoms with van der Waals surface area (Å²) in [5.74, 6) is -2.05. The molecule has 0 spiro atoms. The standard InChI is InChI=1S/C17H15FN4O3/c18-10-1-4-14-15(7-10)22(6-5-21(14)11-2-3-11)16(23)12-8-20-13(9-19-12)17(24)25/h1,4,7-9,11H,2-3,5-6H2,(H,24,25). The van der Waals surface area contributed by atoms with Gasteiger partial charge in [0.25, 0.3) is 5.91 Å². The predicted octanol–water partition coefficient (Wildman–Crippen LogP) is 1.94. The fourth-order valence-corrected chi connectivity index (χ4v) is 3.07. The van der Waals surface area contributed by atoms with E-state index < -0.39 is 17.7 Å². The number of hydrogen-bond donors (Lipinski definition) is 1. The fourth-order valence-electron chi connectivity index (χ4n) is 3.07. The summed E-state index contributed by atoms with van der Waals surface area (Å²) in [6.07, 6.45) is 4.39. The first-order valence-electron chi connectivity index (χ1n) is 7.98. The maximum absolute atomic E-state index is 13.8. The number of carboxylic acids is 1. The van der Waals surface area contributed by atoms with Gasteiger partial charge in [0, 0.05) is 19.1 Å². The molecule has 1 aliphatic heterocycles. The Hall–Kier alpha value is -3.03. The highest BCUT2D eigenvalue weighted by Crippen LogP contribution is 2.40. The van der Waals surface area contributed by atoms with Gasteiger partial charge in [0.1, 0.15) is 11.5 Å². The van der Waals surface area contributed by atoms with Gasteiger partial charge in [-0.3, -0.25) is 4.79 Å². The van der Waals surface area contributed by atoms with Crippen LogP contribution in [0.15, 0.2) is 30.6 Å². The number of fused-ring (bicyclic) bond motifs is 1. The molecule has 25 heavy (non-hydrogen) atoms. The highest BCUT2D eigenvalue weighted by atomic mass is 19.1. The number of carbonyl (C=O) groups excluding carboxylic acids is 1. The van der Waals surface area contributed by atoms with Crippen LogP contribution < -0.4 is 9.80 Å². The summed E-state index contributed by atoms with van der Waals surface area (Å²) in [7, 11) is 0. The Kier molecular flexibility index (Phi) is 3.60. The lowest BCUT2D eigenvalue weighted by Crippen LogP contribution is -2.45. The van der Waals surface area contributed by atoms with Crippen LogP contribution in [0.1, 0.15) is 33.8 Å². The Morgan fingerprint density at radius 1 is 1.08 bits per heavy atom. The van der Waals surface area contributed by atoms with Crippen molar-refractivity contribution in [3.8, 4) is 0 Å². The molecule has 0 saturated heterocycles. The number of anilines is 2. The van der Waals surface area contributed by atoms with Gasteiger partial charge >= 0.3 is 5.97 Å². The first-order valence-corrected chi connectivity index (χ1v) is 7.98. The number of aromatic nitrogens is 2. The molecule has 1 aliphatic carbocycles. The smallest absolute Gasteiger partial charge is 0.356 e. The molecule has 2 aromatic rings. The van der Waals surface area contributed by atoms with E-state index in [9.17, 15) is 14.0 Å². The van der Waals surface area contributed by atoms with E-state index in [1.165, 1.54) is 17.0 Å². The van der Waals surface area contributed by atoms with Crippen LogP contribution in [0.4, 0.5) is 15.8 Å². The molecule has 1 aromatic carbocycles. The lowest BCUT2D eigenvalue weighted by molar-refractivity contribution is 0.0689. The van der Waals surface area contributed by atoms with E-state index in [-0.39, 0.29) is 11.4 Å². The SMILES string of the molecule is O=C(O)c1cnc(C(=O)N2CCN(C3CC3)c3ccc(F)cc32)cn1. The topological polar surface area (TPSA) is 86.6 Å². The van der Waals surface area contributed by atoms with Crippen LogP contribution in [-0.2, 0) is 0 Å². The Bertz CT molecular complexity index is 851. The van der Waals surface area contributed by atoms with Crippen LogP contribution in [0.2, 0.25) is 0 Å². The van der Waals surface area contributed by atoms with Crippen molar-refractivity contribution in [3.63, 3.8) is 0 Å². The normalized spacial score (nSPS) is 16.5. The monoisotopic (exact) mass is 342 g/mol. The second-order valence-electron chi connectivity index (χ2n) is 6.11. The minimum Gasteiger partial charge on any atom is -0.476 e. The number of aromatic carboxylic acids is 1. The molecule has 1 saturated carbocycles. The van der Waals surface area contributed by atoms with E-state index in [1.54, 1.807) is 6.07 Å². The summed E-state index contributed by atoms with van der Waals surface area (Å²) >= 11 is 0. The summed E-state index contributed by atoms with van der Waals surface area (Å²) in [5, 5.41) is 8.87. The number of benzene rings is 1. The molecule has 0 bridgehead atoms. The molecule has 128 valence electrons. The van der Waals surface area contributed by atoms with Gasteiger partial charge in [-0.1, -0.05) is 0 Å². The van der Waals surface area contributed by atoms with Crippen molar-refractivity contribution < 1.29 is 19.1 Å². The van der Waals surface area contributed by atoms with Crippen LogP contribution in [0.3, 0.4) is 0 Å². The molecule has 0 radical (unpaired) electrons. The molecule has 0 unspecified atom stereocenters. The third-order valence-electron chi connectivity index (χ3n) is 4.43. The van der Waals surface area contributed by atoms with Gasteiger partial charge in [-0.05, 0) is 31.0 Å². The van der Waals surface area contributed by atoms with Gasteiger partial charge < -0.3 is 14.9 Å². The average molecular weight is 342 g/mol. The maximum atomic E-state index is 13.8. The lowest BCUT2D eigenvalue weighted by Gasteiger charge is -2.37. The van der Waals surface area contributed by atoms with Crippen molar-refractivity contribution in [1.29, 1.82) is 0 Å². The highest BCUT2D eigenvalue weighted by Gasteiger charge is 2.36. The zero-order chi connectivity index (χ0) is 17.6. The molecule has 8 heteroatoms. The van der Waals surface area contributed by atoms with Gasteiger partial charge in [0.2, 0.25) is 0 Å². The third-order valence-corrected chi connectivity index (χ3v) is 4.43. The zero-order valence-electron chi connectivity index (χ0n) is 13.2. The number of amides is 1. The Morgan fingerprint density at radius 3 is 2.44 bits per heavy atom. The molecule has 0 atom stereocenters. The molecule has 7 nitrogen and oxygen atoms in total. The van der Waals surface area contributed by atoms with Crippen LogP contribution in [-0.4, -0.2) is 46.1 Å². The van der Waals surface area contributed by atoms with E-state index >= 15 is 0 Å². The van der Waals surface area contributed by atoms with Crippen molar-refractivity contribution in [2.75, 3.05) is 22.9 Å². The van der Waals surface area contributed by atoms with Crippen LogP contribution in [0.5, 0.6) is 0 Å². The Balaban J connectivity index is 1.67. The van der Waals surface area contributed by atoms with E-state index in [2.05, 4.69) is 14.9 Å². The van der Waals surface area contributed by atoms with Crippen LogP contribution in [0.25, 0.3) is 0 Å². The quantitative estimate of drug-likeness (QED) is 0.917. The first kappa shape index (κ1) is 15.5. The number of nitrogens with zero attached hydrogens (tertiary/aromatic N) is 4. The minimum absolute atomic E-state index is 0.0279. The number of carboxylic acid groups (broad SMARTS) is 1. The van der Waals surface area contributed by atoms with Gasteiger partial charge in [-0.25, -0.2) is 19.2 Å². The lowest BCUT2D eigenvalue weighted by atomic mass is 10.1. The van der Waals surface area contributed by atoms with Crippen molar-refractivity contribution in [3.05, 3.63) is 47.8 Å².